The first-order chi connectivity index (χ1) is 11.7. The van der Waals surface area contributed by atoms with Gasteiger partial charge in [0.2, 0.25) is 5.95 Å². The van der Waals surface area contributed by atoms with Gasteiger partial charge in [0.25, 0.3) is 0 Å². The quantitative estimate of drug-likeness (QED) is 0.732. The molecule has 1 unspecified atom stereocenters. The molecule has 7 heteroatoms. The first-order valence-electron chi connectivity index (χ1n) is 8.33. The van der Waals surface area contributed by atoms with Gasteiger partial charge in [-0.05, 0) is 37.6 Å². The molecular weight excluding hydrogens is 326 g/mol. The predicted octanol–water partition coefficient (Wildman–Crippen LogP) is 2.90. The van der Waals surface area contributed by atoms with Crippen molar-refractivity contribution >= 4 is 45.4 Å². The molecule has 2 N–H and O–H groups in total. The van der Waals surface area contributed by atoms with Crippen LogP contribution in [0.3, 0.4) is 0 Å². The molecule has 2 saturated heterocycles. The van der Waals surface area contributed by atoms with Gasteiger partial charge in [0.1, 0.15) is 11.1 Å². The Morgan fingerprint density at radius 1 is 1.21 bits per heavy atom. The Labute approximate surface area is 144 Å². The first kappa shape index (κ1) is 14.3. The molecule has 0 aliphatic carbocycles. The van der Waals surface area contributed by atoms with E-state index in [0.717, 1.165) is 41.9 Å². The highest BCUT2D eigenvalue weighted by Crippen LogP contribution is 2.36. The topological polar surface area (TPSA) is 71.4 Å². The van der Waals surface area contributed by atoms with Crippen LogP contribution in [0.15, 0.2) is 22.6 Å². The third kappa shape index (κ3) is 2.13. The summed E-state index contributed by atoms with van der Waals surface area (Å²) in [5.74, 6) is 1.07. The van der Waals surface area contributed by atoms with Crippen LogP contribution in [0.1, 0.15) is 12.8 Å². The van der Waals surface area contributed by atoms with Gasteiger partial charge >= 0.3 is 0 Å². The molecule has 4 heterocycles. The van der Waals surface area contributed by atoms with Crippen LogP contribution in [0.2, 0.25) is 5.02 Å². The van der Waals surface area contributed by atoms with Gasteiger partial charge in [-0.15, -0.1) is 0 Å². The summed E-state index contributed by atoms with van der Waals surface area (Å²) in [6.07, 6.45) is 2.53. The van der Waals surface area contributed by atoms with E-state index in [1.54, 1.807) is 0 Å². The Hall–Kier alpha value is -2.05. The number of halogens is 1. The summed E-state index contributed by atoms with van der Waals surface area (Å²) in [5.41, 5.74) is 8.19. The molecule has 6 nitrogen and oxygen atoms in total. The van der Waals surface area contributed by atoms with E-state index >= 15 is 0 Å². The molecule has 24 heavy (non-hydrogen) atoms. The van der Waals surface area contributed by atoms with Crippen molar-refractivity contribution in [2.75, 3.05) is 36.8 Å². The summed E-state index contributed by atoms with van der Waals surface area (Å²) in [4.78, 5) is 13.8. The smallest absolute Gasteiger partial charge is 0.222 e. The maximum atomic E-state index is 6.13. The number of nitrogens with zero attached hydrogens (tertiary/aromatic N) is 4. The SMILES string of the molecule is Nc1nc(N2CCN3CCCC3C2)c2oc3ccc(Cl)cc3c2n1. The molecule has 124 valence electrons. The van der Waals surface area contributed by atoms with E-state index in [2.05, 4.69) is 19.8 Å². The molecule has 2 aromatic heterocycles. The molecule has 0 radical (unpaired) electrons. The van der Waals surface area contributed by atoms with E-state index in [9.17, 15) is 0 Å². The summed E-state index contributed by atoms with van der Waals surface area (Å²) in [7, 11) is 0. The third-order valence-corrected chi connectivity index (χ3v) is 5.40. The molecule has 3 aromatic rings. The van der Waals surface area contributed by atoms with Crippen LogP contribution in [0.4, 0.5) is 11.8 Å². The molecule has 0 saturated carbocycles. The fourth-order valence-corrected chi connectivity index (χ4v) is 4.19. The van der Waals surface area contributed by atoms with E-state index in [-0.39, 0.29) is 5.95 Å². The van der Waals surface area contributed by atoms with Crippen LogP contribution in [0.25, 0.3) is 22.1 Å². The van der Waals surface area contributed by atoms with Crippen LogP contribution in [0, 0.1) is 0 Å². The van der Waals surface area contributed by atoms with Crippen LogP contribution < -0.4 is 10.6 Å². The lowest BCUT2D eigenvalue weighted by atomic mass is 10.1. The molecule has 2 aliphatic heterocycles. The van der Waals surface area contributed by atoms with E-state index in [4.69, 9.17) is 21.8 Å². The second-order valence-corrected chi connectivity index (χ2v) is 7.04. The lowest BCUT2D eigenvalue weighted by Crippen LogP contribution is -2.50. The zero-order valence-corrected chi connectivity index (χ0v) is 14.0. The highest BCUT2D eigenvalue weighted by atomic mass is 35.5. The first-order valence-corrected chi connectivity index (χ1v) is 8.71. The summed E-state index contributed by atoms with van der Waals surface area (Å²) in [6, 6.07) is 6.16. The van der Waals surface area contributed by atoms with Gasteiger partial charge in [-0.25, -0.2) is 4.98 Å². The van der Waals surface area contributed by atoms with Crippen LogP contribution >= 0.6 is 11.6 Å². The standard InChI is InChI=1S/C17H18ClN5O/c18-10-3-4-13-12(8-10)14-15(24-13)16(21-17(19)20-14)23-7-6-22-5-1-2-11(22)9-23/h3-4,8,11H,1-2,5-7,9H2,(H2,19,20,21). The van der Waals surface area contributed by atoms with Gasteiger partial charge in [-0.3, -0.25) is 4.90 Å². The lowest BCUT2D eigenvalue weighted by molar-refractivity contribution is 0.230. The molecule has 1 aromatic carbocycles. The maximum absolute atomic E-state index is 6.13. The Kier molecular flexibility index (Phi) is 3.11. The number of anilines is 2. The van der Waals surface area contributed by atoms with Crippen molar-refractivity contribution in [3.63, 3.8) is 0 Å². The third-order valence-electron chi connectivity index (χ3n) is 5.16. The number of benzene rings is 1. The Morgan fingerprint density at radius 3 is 3.04 bits per heavy atom. The van der Waals surface area contributed by atoms with Gasteiger partial charge in [-0.2, -0.15) is 4.98 Å². The summed E-state index contributed by atoms with van der Waals surface area (Å²) in [6.45, 7) is 4.16. The predicted molar refractivity (Wildman–Crippen MR) is 95.5 cm³/mol. The van der Waals surface area contributed by atoms with Crippen LogP contribution in [-0.2, 0) is 0 Å². The minimum Gasteiger partial charge on any atom is -0.450 e. The average molecular weight is 344 g/mol. The zero-order valence-electron chi connectivity index (χ0n) is 13.2. The number of rotatable bonds is 1. The highest BCUT2D eigenvalue weighted by Gasteiger charge is 2.32. The summed E-state index contributed by atoms with van der Waals surface area (Å²) >= 11 is 6.13. The van der Waals surface area contributed by atoms with Gasteiger partial charge in [0.15, 0.2) is 11.4 Å². The number of furan rings is 1. The van der Waals surface area contributed by atoms with Crippen molar-refractivity contribution in [1.82, 2.24) is 14.9 Å². The van der Waals surface area contributed by atoms with Crippen molar-refractivity contribution < 1.29 is 4.42 Å². The minimum absolute atomic E-state index is 0.272. The van der Waals surface area contributed by atoms with E-state index in [1.807, 2.05) is 18.2 Å². The summed E-state index contributed by atoms with van der Waals surface area (Å²) in [5, 5.41) is 1.54. The number of hydrogen-bond donors (Lipinski definition) is 1. The van der Waals surface area contributed by atoms with Crippen molar-refractivity contribution in [3.8, 4) is 0 Å². The maximum Gasteiger partial charge on any atom is 0.222 e. The Morgan fingerprint density at radius 2 is 2.12 bits per heavy atom. The second kappa shape index (κ2) is 5.22. The van der Waals surface area contributed by atoms with E-state index in [0.29, 0.717) is 16.6 Å². The number of nitrogen functional groups attached to an aromatic ring is 1. The normalized spacial score (nSPS) is 21.7. The largest absolute Gasteiger partial charge is 0.450 e. The number of nitrogens with two attached hydrogens (primary N) is 1. The van der Waals surface area contributed by atoms with Crippen LogP contribution in [0.5, 0.6) is 0 Å². The van der Waals surface area contributed by atoms with Crippen molar-refractivity contribution in [2.45, 2.75) is 18.9 Å². The van der Waals surface area contributed by atoms with Gasteiger partial charge in [0.05, 0.1) is 0 Å². The summed E-state index contributed by atoms with van der Waals surface area (Å²) < 4.78 is 6.06. The molecule has 0 bridgehead atoms. The number of piperazine rings is 1. The van der Waals surface area contributed by atoms with Crippen LogP contribution in [-0.4, -0.2) is 47.1 Å². The number of aromatic nitrogens is 2. The average Bonchev–Trinajstić information content (AvgIpc) is 3.18. The number of hydrogen-bond acceptors (Lipinski definition) is 6. The minimum atomic E-state index is 0.272. The second-order valence-electron chi connectivity index (χ2n) is 6.60. The molecule has 0 amide bonds. The van der Waals surface area contributed by atoms with Crippen molar-refractivity contribution in [1.29, 1.82) is 0 Å². The lowest BCUT2D eigenvalue weighted by Gasteiger charge is -2.38. The molecule has 0 spiro atoms. The zero-order chi connectivity index (χ0) is 16.3. The van der Waals surface area contributed by atoms with Crippen molar-refractivity contribution in [2.24, 2.45) is 0 Å². The van der Waals surface area contributed by atoms with Crippen molar-refractivity contribution in [3.05, 3.63) is 23.2 Å². The highest BCUT2D eigenvalue weighted by molar-refractivity contribution is 6.31. The molecule has 1 atom stereocenters. The van der Waals surface area contributed by atoms with Gasteiger partial charge < -0.3 is 15.1 Å². The fraction of sp³-hybridized carbons (Fsp3) is 0.412. The monoisotopic (exact) mass is 343 g/mol. The Balaban J connectivity index is 1.66. The molecule has 2 aliphatic rings. The molecule has 5 rings (SSSR count). The van der Waals surface area contributed by atoms with E-state index < -0.39 is 0 Å². The molecule has 2 fully saturated rings. The Bertz CT molecular complexity index is 940. The van der Waals surface area contributed by atoms with E-state index in [1.165, 1.54) is 19.4 Å². The van der Waals surface area contributed by atoms with Gasteiger partial charge in [0, 0.05) is 36.1 Å². The van der Waals surface area contributed by atoms with Gasteiger partial charge in [-0.1, -0.05) is 11.6 Å². The number of fused-ring (bicyclic) bond motifs is 4. The molecular formula is C17H18ClN5O. The fourth-order valence-electron chi connectivity index (χ4n) is 4.02.